The van der Waals surface area contributed by atoms with E-state index in [-0.39, 0.29) is 11.9 Å². The van der Waals surface area contributed by atoms with Gasteiger partial charge in [0.1, 0.15) is 11.4 Å². The zero-order valence-electron chi connectivity index (χ0n) is 13.2. The van der Waals surface area contributed by atoms with E-state index in [1.165, 1.54) is 0 Å². The molecule has 4 N–H and O–H groups in total. The molecular weight excluding hydrogens is 282 g/mol. The minimum atomic E-state index is -0.521. The summed E-state index contributed by atoms with van der Waals surface area (Å²) in [6.07, 6.45) is 2.30. The molecule has 0 saturated carbocycles. The van der Waals surface area contributed by atoms with E-state index >= 15 is 0 Å². The molecule has 1 aliphatic carbocycles. The predicted molar refractivity (Wildman–Crippen MR) is 83.2 cm³/mol. The Morgan fingerprint density at radius 1 is 1.41 bits per heavy atom. The van der Waals surface area contributed by atoms with E-state index in [0.29, 0.717) is 5.56 Å². The van der Waals surface area contributed by atoms with Crippen molar-refractivity contribution in [2.75, 3.05) is 0 Å². The van der Waals surface area contributed by atoms with E-state index in [0.717, 1.165) is 30.4 Å². The highest BCUT2D eigenvalue weighted by molar-refractivity contribution is 5.95. The molecule has 0 heterocycles. The molecule has 120 valence electrons. The van der Waals surface area contributed by atoms with E-state index in [4.69, 9.17) is 15.4 Å². The molecule has 2 rings (SSSR count). The molecule has 1 unspecified atom stereocenters. The number of hydrogen-bond donors (Lipinski definition) is 4. The van der Waals surface area contributed by atoms with E-state index in [2.05, 4.69) is 5.32 Å². The minimum Gasteiger partial charge on any atom is -0.444 e. The van der Waals surface area contributed by atoms with Crippen molar-refractivity contribution in [3.63, 3.8) is 0 Å². The molecular formula is C16H23N3O3. The van der Waals surface area contributed by atoms with Crippen molar-refractivity contribution in [2.24, 2.45) is 0 Å². The molecule has 0 aliphatic heterocycles. The number of hydrogen-bond acceptors (Lipinski definition) is 4. The molecule has 0 saturated heterocycles. The van der Waals surface area contributed by atoms with Crippen LogP contribution in [0, 0.1) is 5.41 Å². The van der Waals surface area contributed by atoms with Crippen LogP contribution in [0.3, 0.4) is 0 Å². The van der Waals surface area contributed by atoms with Gasteiger partial charge in [0.25, 0.3) is 0 Å². The number of nitrogens with one attached hydrogen (secondary N) is 3. The number of benzene rings is 1. The van der Waals surface area contributed by atoms with Crippen LogP contribution in [0.1, 0.15) is 56.3 Å². The van der Waals surface area contributed by atoms with E-state index in [1.54, 1.807) is 6.07 Å². The molecule has 22 heavy (non-hydrogen) atoms. The second-order valence-corrected chi connectivity index (χ2v) is 6.49. The quantitative estimate of drug-likeness (QED) is 0.384. The number of aryl methyl sites for hydroxylation is 1. The van der Waals surface area contributed by atoms with E-state index < -0.39 is 11.7 Å². The molecule has 1 aromatic carbocycles. The Morgan fingerprint density at radius 2 is 2.14 bits per heavy atom. The van der Waals surface area contributed by atoms with Crippen LogP contribution >= 0.6 is 0 Å². The average Bonchev–Trinajstić information content (AvgIpc) is 2.44. The largest absolute Gasteiger partial charge is 0.444 e. The molecule has 1 aromatic rings. The van der Waals surface area contributed by atoms with Crippen LogP contribution in [-0.2, 0) is 11.2 Å². The summed E-state index contributed by atoms with van der Waals surface area (Å²) in [5.41, 5.74) is 4.09. The van der Waals surface area contributed by atoms with Crippen LogP contribution < -0.4 is 10.8 Å². The number of alkyl carbamates (subject to hydrolysis) is 1. The first-order valence-corrected chi connectivity index (χ1v) is 7.41. The van der Waals surface area contributed by atoms with Gasteiger partial charge in [-0.05, 0) is 57.2 Å². The Hall–Kier alpha value is -2.08. The average molecular weight is 305 g/mol. The molecule has 6 nitrogen and oxygen atoms in total. The highest BCUT2D eigenvalue weighted by Crippen LogP contribution is 2.30. The summed E-state index contributed by atoms with van der Waals surface area (Å²) in [7, 11) is 0. The maximum absolute atomic E-state index is 11.9. The maximum atomic E-state index is 11.9. The highest BCUT2D eigenvalue weighted by atomic mass is 16.6. The Balaban J connectivity index is 2.15. The summed E-state index contributed by atoms with van der Waals surface area (Å²) >= 11 is 0. The summed E-state index contributed by atoms with van der Waals surface area (Å²) in [5, 5.41) is 19.3. The van der Waals surface area contributed by atoms with Crippen LogP contribution in [0.2, 0.25) is 0 Å². The second kappa shape index (κ2) is 6.36. The molecule has 0 radical (unpaired) electrons. The summed E-state index contributed by atoms with van der Waals surface area (Å²) < 4.78 is 5.31. The van der Waals surface area contributed by atoms with Gasteiger partial charge in [0.15, 0.2) is 0 Å². The third-order valence-corrected chi connectivity index (χ3v) is 3.55. The number of ether oxygens (including phenoxy) is 1. The first-order chi connectivity index (χ1) is 10.3. The van der Waals surface area contributed by atoms with Gasteiger partial charge in [-0.15, -0.1) is 0 Å². The maximum Gasteiger partial charge on any atom is 0.408 e. The van der Waals surface area contributed by atoms with Gasteiger partial charge in [0.05, 0.1) is 6.04 Å². The topological polar surface area (TPSA) is 94.4 Å². The smallest absolute Gasteiger partial charge is 0.408 e. The monoisotopic (exact) mass is 305 g/mol. The number of amides is 1. The number of carbonyl (C=O) groups excluding carboxylic acids is 1. The normalized spacial score (nSPS) is 17.4. The third-order valence-electron chi connectivity index (χ3n) is 3.55. The summed E-state index contributed by atoms with van der Waals surface area (Å²) in [6, 6.07) is 5.46. The fourth-order valence-electron chi connectivity index (χ4n) is 2.63. The van der Waals surface area contributed by atoms with Gasteiger partial charge in [0.2, 0.25) is 0 Å². The summed E-state index contributed by atoms with van der Waals surface area (Å²) in [5.74, 6) is -0.0370. The van der Waals surface area contributed by atoms with Crippen LogP contribution in [0.25, 0.3) is 0 Å². The first-order valence-electron chi connectivity index (χ1n) is 7.41. The summed E-state index contributed by atoms with van der Waals surface area (Å²) in [6.45, 7) is 5.50. The fourth-order valence-corrected chi connectivity index (χ4v) is 2.63. The van der Waals surface area contributed by atoms with Gasteiger partial charge in [-0.2, -0.15) is 0 Å². The number of carbonyl (C=O) groups is 1. The van der Waals surface area contributed by atoms with Crippen molar-refractivity contribution in [2.45, 2.75) is 51.7 Å². The first kappa shape index (κ1) is 16.3. The third kappa shape index (κ3) is 3.98. The zero-order valence-corrected chi connectivity index (χ0v) is 13.2. The molecule has 6 heteroatoms. The lowest BCUT2D eigenvalue weighted by atomic mass is 9.86. The molecule has 0 aromatic heterocycles. The number of amidine groups is 1. The van der Waals surface area contributed by atoms with Crippen LogP contribution in [-0.4, -0.2) is 22.7 Å². The Morgan fingerprint density at radius 3 is 2.77 bits per heavy atom. The number of fused-ring (bicyclic) bond motifs is 1. The van der Waals surface area contributed by atoms with Crippen molar-refractivity contribution in [1.82, 2.24) is 10.8 Å². The molecule has 0 spiro atoms. The van der Waals surface area contributed by atoms with Gasteiger partial charge < -0.3 is 10.1 Å². The van der Waals surface area contributed by atoms with Gasteiger partial charge in [-0.1, -0.05) is 12.1 Å². The predicted octanol–water partition coefficient (Wildman–Crippen LogP) is 2.89. The van der Waals surface area contributed by atoms with Crippen molar-refractivity contribution in [3.8, 4) is 0 Å². The summed E-state index contributed by atoms with van der Waals surface area (Å²) in [4.78, 5) is 11.9. The second-order valence-electron chi connectivity index (χ2n) is 6.49. The van der Waals surface area contributed by atoms with Gasteiger partial charge in [-0.25, -0.2) is 4.79 Å². The molecule has 0 fully saturated rings. The van der Waals surface area contributed by atoms with Crippen molar-refractivity contribution in [3.05, 3.63) is 34.9 Å². The SMILES string of the molecule is CC(C)(C)OC(=O)NC1CCCc2cc(C(=N)NO)ccc21. The molecule has 1 amide bonds. The minimum absolute atomic E-state index is 0.0370. The van der Waals surface area contributed by atoms with Crippen molar-refractivity contribution in [1.29, 1.82) is 5.41 Å². The van der Waals surface area contributed by atoms with Crippen LogP contribution in [0.4, 0.5) is 4.79 Å². The van der Waals surface area contributed by atoms with Crippen molar-refractivity contribution < 1.29 is 14.7 Å². The van der Waals surface area contributed by atoms with Gasteiger partial charge in [0, 0.05) is 5.56 Å². The lowest BCUT2D eigenvalue weighted by Crippen LogP contribution is -2.36. The Kier molecular flexibility index (Phi) is 4.71. The van der Waals surface area contributed by atoms with E-state index in [1.807, 2.05) is 38.4 Å². The lowest BCUT2D eigenvalue weighted by molar-refractivity contribution is 0.0498. The van der Waals surface area contributed by atoms with E-state index in [9.17, 15) is 4.79 Å². The standard InChI is InChI=1S/C16H23N3O3/c1-16(2,3)22-15(20)18-13-6-4-5-10-9-11(14(17)19-21)7-8-12(10)13/h7-9,13,21H,4-6H2,1-3H3,(H2,17,19)(H,18,20). The van der Waals surface area contributed by atoms with Crippen molar-refractivity contribution >= 4 is 11.9 Å². The number of rotatable bonds is 2. The Bertz CT molecular complexity index is 578. The van der Waals surface area contributed by atoms with Crippen LogP contribution in [0.15, 0.2) is 18.2 Å². The highest BCUT2D eigenvalue weighted by Gasteiger charge is 2.25. The zero-order chi connectivity index (χ0) is 16.3. The van der Waals surface area contributed by atoms with Gasteiger partial charge >= 0.3 is 6.09 Å². The lowest BCUT2D eigenvalue weighted by Gasteiger charge is -2.28. The fraction of sp³-hybridized carbons (Fsp3) is 0.500. The van der Waals surface area contributed by atoms with Crippen LogP contribution in [0.5, 0.6) is 0 Å². The molecule has 0 bridgehead atoms. The Labute approximate surface area is 130 Å². The van der Waals surface area contributed by atoms with Gasteiger partial charge in [-0.3, -0.25) is 16.1 Å². The molecule has 1 aliphatic rings. The molecule has 1 atom stereocenters. The number of hydroxylamine groups is 1.